The van der Waals surface area contributed by atoms with Crippen LogP contribution in [-0.4, -0.2) is 12.3 Å². The van der Waals surface area contributed by atoms with Crippen molar-refractivity contribution in [1.82, 2.24) is 0 Å². The van der Waals surface area contributed by atoms with Crippen molar-refractivity contribution in [3.05, 3.63) is 0 Å². The quantitative estimate of drug-likeness (QED) is 0.434. The Kier molecular flexibility index (Phi) is 0.748. The minimum atomic E-state index is 0.389. The van der Waals surface area contributed by atoms with Crippen molar-refractivity contribution < 1.29 is 0 Å². The highest BCUT2D eigenvalue weighted by atomic mass is 14.9. The molecule has 0 fully saturated rings. The predicted molar refractivity (Wildman–Crippen MR) is 31.7 cm³/mol. The molecule has 0 saturated heterocycles. The lowest BCUT2D eigenvalue weighted by Gasteiger charge is -2.13. The molecule has 0 radical (unpaired) electrons. The summed E-state index contributed by atoms with van der Waals surface area (Å²) >= 11 is 0. The van der Waals surface area contributed by atoms with Gasteiger partial charge in [-0.05, 0) is 5.41 Å². The Bertz CT molecular complexity index is 91.2. The second-order valence-electron chi connectivity index (χ2n) is 3.11. The van der Waals surface area contributed by atoms with Crippen molar-refractivity contribution in [1.29, 1.82) is 0 Å². The highest BCUT2D eigenvalue weighted by Gasteiger charge is 2.28. The van der Waals surface area contributed by atoms with Gasteiger partial charge in [-0.25, -0.2) is 0 Å². The molecule has 0 spiro atoms. The maximum absolute atomic E-state index is 4.05. The maximum atomic E-state index is 4.05. The summed E-state index contributed by atoms with van der Waals surface area (Å²) in [5.74, 6) is 0. The molecule has 0 bridgehead atoms. The van der Waals surface area contributed by atoms with Crippen LogP contribution in [0.4, 0.5) is 0 Å². The molecule has 1 aliphatic rings. The van der Waals surface area contributed by atoms with Gasteiger partial charge >= 0.3 is 0 Å². The smallest absolute Gasteiger partial charge is 0.0891 e. The van der Waals surface area contributed by atoms with E-state index in [0.29, 0.717) is 11.5 Å². The molecule has 1 rings (SSSR count). The van der Waals surface area contributed by atoms with Crippen molar-refractivity contribution in [2.24, 2.45) is 10.4 Å². The van der Waals surface area contributed by atoms with Crippen molar-refractivity contribution in [2.75, 3.05) is 0 Å². The molecule has 40 valence electrons. The van der Waals surface area contributed by atoms with Gasteiger partial charge in [0.1, 0.15) is 0 Å². The van der Waals surface area contributed by atoms with E-state index in [1.807, 2.05) is 6.21 Å². The van der Waals surface area contributed by atoms with E-state index in [-0.39, 0.29) is 0 Å². The van der Waals surface area contributed by atoms with Gasteiger partial charge in [-0.2, -0.15) is 0 Å². The fourth-order valence-corrected chi connectivity index (χ4v) is 0.490. The van der Waals surface area contributed by atoms with Gasteiger partial charge in [-0.1, -0.05) is 20.8 Å². The molecule has 0 saturated carbocycles. The molecule has 0 aliphatic carbocycles. The highest BCUT2D eigenvalue weighted by molar-refractivity contribution is 5.78. The Morgan fingerprint density at radius 3 is 1.86 bits per heavy atom. The molecule has 0 aromatic rings. The Labute approximate surface area is 44.5 Å². The topological polar surface area (TPSA) is 12.4 Å². The van der Waals surface area contributed by atoms with E-state index < -0.39 is 0 Å². The van der Waals surface area contributed by atoms with Crippen LogP contribution in [-0.2, 0) is 0 Å². The molecule has 0 aromatic carbocycles. The summed E-state index contributed by atoms with van der Waals surface area (Å²) in [5, 5.41) is 0. The zero-order valence-electron chi connectivity index (χ0n) is 5.10. The lowest BCUT2D eigenvalue weighted by molar-refractivity contribution is 0.417. The summed E-state index contributed by atoms with van der Waals surface area (Å²) in [4.78, 5) is 4.05. The first kappa shape index (κ1) is 4.82. The summed E-state index contributed by atoms with van der Waals surface area (Å²) in [6.45, 7) is 6.60. The molecule has 7 heavy (non-hydrogen) atoms. The summed E-state index contributed by atoms with van der Waals surface area (Å²) < 4.78 is 0. The first-order valence-electron chi connectivity index (χ1n) is 2.64. The minimum absolute atomic E-state index is 0.389. The van der Waals surface area contributed by atoms with Gasteiger partial charge in [0.25, 0.3) is 0 Å². The zero-order valence-corrected chi connectivity index (χ0v) is 5.10. The van der Waals surface area contributed by atoms with E-state index in [2.05, 4.69) is 25.8 Å². The number of hydrogen-bond donors (Lipinski definition) is 0. The predicted octanol–water partition coefficient (Wildman–Crippen LogP) is 1.49. The Morgan fingerprint density at radius 1 is 1.43 bits per heavy atom. The highest BCUT2D eigenvalue weighted by Crippen LogP contribution is 2.26. The Hall–Kier alpha value is -0.330. The molecular formula is C6H11N. The second kappa shape index (κ2) is 1.09. The van der Waals surface area contributed by atoms with Crippen LogP contribution >= 0.6 is 0 Å². The average Bonchev–Trinajstić information content (AvgIpc) is 1.99. The van der Waals surface area contributed by atoms with Crippen LogP contribution in [0.15, 0.2) is 4.99 Å². The maximum Gasteiger partial charge on any atom is 0.0891 e. The second-order valence-corrected chi connectivity index (χ2v) is 3.11. The van der Waals surface area contributed by atoms with Gasteiger partial charge in [-0.3, -0.25) is 4.99 Å². The minimum Gasteiger partial charge on any atom is -0.286 e. The standard InChI is InChI=1S/C6H11N/c1-6(2,3)5-4-7-5/h4-5H,1-3H3. The van der Waals surface area contributed by atoms with Gasteiger partial charge in [-0.15, -0.1) is 0 Å². The van der Waals surface area contributed by atoms with Crippen molar-refractivity contribution in [2.45, 2.75) is 26.8 Å². The fraction of sp³-hybridized carbons (Fsp3) is 0.833. The molecule has 1 aliphatic heterocycles. The zero-order chi connectivity index (χ0) is 5.49. The van der Waals surface area contributed by atoms with Gasteiger partial charge < -0.3 is 0 Å². The van der Waals surface area contributed by atoms with Crippen LogP contribution < -0.4 is 0 Å². The van der Waals surface area contributed by atoms with Crippen molar-refractivity contribution >= 4 is 6.21 Å². The average molecular weight is 97.2 g/mol. The van der Waals surface area contributed by atoms with E-state index >= 15 is 0 Å². The number of nitrogens with zero attached hydrogens (tertiary/aromatic N) is 1. The third-order valence-corrected chi connectivity index (χ3v) is 1.19. The summed E-state index contributed by atoms with van der Waals surface area (Å²) in [6.07, 6.45) is 2.00. The molecule has 1 unspecified atom stereocenters. The fourth-order valence-electron chi connectivity index (χ4n) is 0.490. The number of aliphatic imine (C=N–C) groups is 1. The molecule has 0 aromatic heterocycles. The van der Waals surface area contributed by atoms with E-state index in [1.165, 1.54) is 0 Å². The third kappa shape index (κ3) is 1.02. The van der Waals surface area contributed by atoms with Crippen molar-refractivity contribution in [3.63, 3.8) is 0 Å². The van der Waals surface area contributed by atoms with E-state index in [9.17, 15) is 0 Å². The summed E-state index contributed by atoms with van der Waals surface area (Å²) in [6, 6.07) is 0.549. The number of hydrogen-bond acceptors (Lipinski definition) is 1. The van der Waals surface area contributed by atoms with Crippen LogP contribution in [0.25, 0.3) is 0 Å². The molecule has 1 heterocycles. The van der Waals surface area contributed by atoms with E-state index in [0.717, 1.165) is 0 Å². The van der Waals surface area contributed by atoms with Crippen LogP contribution in [0.1, 0.15) is 20.8 Å². The SMILES string of the molecule is CC(C)(C)C1C=N1. The van der Waals surface area contributed by atoms with Crippen LogP contribution in [0, 0.1) is 5.41 Å². The van der Waals surface area contributed by atoms with Crippen LogP contribution in [0.2, 0.25) is 0 Å². The first-order valence-corrected chi connectivity index (χ1v) is 2.64. The lowest BCUT2D eigenvalue weighted by atomic mass is 9.92. The molecule has 0 N–H and O–H groups in total. The summed E-state index contributed by atoms with van der Waals surface area (Å²) in [7, 11) is 0. The molecule has 1 atom stereocenters. The molecule has 1 nitrogen and oxygen atoms in total. The third-order valence-electron chi connectivity index (χ3n) is 1.19. The lowest BCUT2D eigenvalue weighted by Crippen LogP contribution is -2.14. The van der Waals surface area contributed by atoms with Crippen LogP contribution in [0.5, 0.6) is 0 Å². The first-order chi connectivity index (χ1) is 3.11. The van der Waals surface area contributed by atoms with Gasteiger partial charge in [0.15, 0.2) is 0 Å². The Morgan fingerprint density at radius 2 is 1.86 bits per heavy atom. The number of rotatable bonds is 0. The largest absolute Gasteiger partial charge is 0.286 e. The molecule has 0 amide bonds. The molecule has 1 heteroatoms. The van der Waals surface area contributed by atoms with Crippen molar-refractivity contribution in [3.8, 4) is 0 Å². The van der Waals surface area contributed by atoms with E-state index in [4.69, 9.17) is 0 Å². The van der Waals surface area contributed by atoms with E-state index in [1.54, 1.807) is 0 Å². The Balaban J connectivity index is 2.38. The monoisotopic (exact) mass is 97.1 g/mol. The normalized spacial score (nSPS) is 28.1. The van der Waals surface area contributed by atoms with Gasteiger partial charge in [0, 0.05) is 6.21 Å². The molecular weight excluding hydrogens is 86.1 g/mol. The van der Waals surface area contributed by atoms with Crippen LogP contribution in [0.3, 0.4) is 0 Å². The van der Waals surface area contributed by atoms with Gasteiger partial charge in [0.2, 0.25) is 0 Å². The van der Waals surface area contributed by atoms with Gasteiger partial charge in [0.05, 0.1) is 6.04 Å². The summed E-state index contributed by atoms with van der Waals surface area (Å²) in [5.41, 5.74) is 0.389.